The van der Waals surface area contributed by atoms with Crippen LogP contribution in [0.3, 0.4) is 0 Å². The largest absolute Gasteiger partial charge is 0.480 e. The predicted octanol–water partition coefficient (Wildman–Crippen LogP) is 4.25. The quantitative estimate of drug-likeness (QED) is 0.212. The van der Waals surface area contributed by atoms with Gasteiger partial charge in [0.1, 0.15) is 6.04 Å². The van der Waals surface area contributed by atoms with Crippen LogP contribution in [0.15, 0.2) is 0 Å². The number of carbonyl (C=O) groups is 2. The van der Waals surface area contributed by atoms with Gasteiger partial charge in [-0.05, 0) is 12.8 Å². The molecule has 0 saturated heterocycles. The smallest absolute Gasteiger partial charge is 0.321 e. The summed E-state index contributed by atoms with van der Waals surface area (Å²) in [5.74, 6) is -1.31. The summed E-state index contributed by atoms with van der Waals surface area (Å²) in [5, 5.41) is 27.9. The van der Waals surface area contributed by atoms with Crippen LogP contribution < -0.4 is 5.73 Å². The topological polar surface area (TPSA) is 121 Å². The molecular formula is C22H43NO5S. The van der Waals surface area contributed by atoms with Crippen molar-refractivity contribution in [2.24, 2.45) is 5.73 Å². The fraction of sp³-hybridized carbons (Fsp3) is 0.909. The molecule has 0 radical (unpaired) electrons. The van der Waals surface area contributed by atoms with Crippen LogP contribution in [0.25, 0.3) is 0 Å². The van der Waals surface area contributed by atoms with Crippen LogP contribution in [-0.2, 0) is 9.59 Å². The van der Waals surface area contributed by atoms with Crippen LogP contribution in [0.4, 0.5) is 0 Å². The summed E-state index contributed by atoms with van der Waals surface area (Å²) in [6, 6.07) is -1.16. The molecule has 0 saturated carbocycles. The molecular weight excluding hydrogens is 390 g/mol. The molecule has 5 N–H and O–H groups in total. The number of rotatable bonds is 20. The van der Waals surface area contributed by atoms with Gasteiger partial charge in [-0.2, -0.15) is 0 Å². The number of nitrogens with two attached hydrogens (primary N) is 1. The van der Waals surface area contributed by atoms with E-state index in [1.54, 1.807) is 0 Å². The standard InChI is InChI=1S/C22H43NO5S/c1-2-3-4-5-6-7-8-9-10-11-12-13-14-15-16-22(28,18-24)21(27)29-17-19(23)20(25)26/h19,24,28H,2-18,23H2,1H3,(H,25,26). The second-order valence-corrected chi connectivity index (χ2v) is 9.07. The van der Waals surface area contributed by atoms with E-state index in [1.165, 1.54) is 64.2 Å². The van der Waals surface area contributed by atoms with Gasteiger partial charge in [0.2, 0.25) is 5.12 Å². The normalized spacial score (nSPS) is 14.5. The number of hydrogen-bond acceptors (Lipinski definition) is 6. The number of carboxylic acids is 1. The predicted molar refractivity (Wildman–Crippen MR) is 120 cm³/mol. The third kappa shape index (κ3) is 14.9. The van der Waals surface area contributed by atoms with Crippen molar-refractivity contribution in [2.75, 3.05) is 12.4 Å². The van der Waals surface area contributed by atoms with Crippen LogP contribution in [0.5, 0.6) is 0 Å². The van der Waals surface area contributed by atoms with Gasteiger partial charge < -0.3 is 21.1 Å². The lowest BCUT2D eigenvalue weighted by Gasteiger charge is -2.24. The minimum atomic E-state index is -1.81. The monoisotopic (exact) mass is 433 g/mol. The van der Waals surface area contributed by atoms with Crippen molar-refractivity contribution in [1.82, 2.24) is 0 Å². The molecule has 0 amide bonds. The van der Waals surface area contributed by atoms with Gasteiger partial charge in [-0.15, -0.1) is 0 Å². The Morgan fingerprint density at radius 1 is 0.862 bits per heavy atom. The van der Waals surface area contributed by atoms with E-state index in [0.29, 0.717) is 18.2 Å². The number of hydrogen-bond donors (Lipinski definition) is 4. The van der Waals surface area contributed by atoms with Crippen LogP contribution in [0.1, 0.15) is 103 Å². The van der Waals surface area contributed by atoms with Crippen LogP contribution >= 0.6 is 11.8 Å². The van der Waals surface area contributed by atoms with Gasteiger partial charge >= 0.3 is 5.97 Å². The lowest BCUT2D eigenvalue weighted by molar-refractivity contribution is -0.137. The van der Waals surface area contributed by atoms with Crippen LogP contribution in [0, 0.1) is 0 Å². The van der Waals surface area contributed by atoms with Gasteiger partial charge in [0.05, 0.1) is 6.61 Å². The fourth-order valence-corrected chi connectivity index (χ4v) is 4.14. The van der Waals surface area contributed by atoms with Gasteiger partial charge in [-0.25, -0.2) is 0 Å². The number of aliphatic carboxylic acids is 1. The highest BCUT2D eigenvalue weighted by Crippen LogP contribution is 2.23. The number of aliphatic hydroxyl groups is 2. The summed E-state index contributed by atoms with van der Waals surface area (Å²) in [7, 11) is 0. The van der Waals surface area contributed by atoms with Crippen molar-refractivity contribution < 1.29 is 24.9 Å². The highest BCUT2D eigenvalue weighted by molar-refractivity contribution is 8.13. The molecule has 0 bridgehead atoms. The molecule has 172 valence electrons. The summed E-state index contributed by atoms with van der Waals surface area (Å²) >= 11 is 0.676. The molecule has 0 aliphatic carbocycles. The zero-order valence-corrected chi connectivity index (χ0v) is 19.1. The van der Waals surface area contributed by atoms with Crippen molar-refractivity contribution in [1.29, 1.82) is 0 Å². The van der Waals surface area contributed by atoms with Gasteiger partial charge in [0.15, 0.2) is 5.60 Å². The molecule has 0 aromatic heterocycles. The van der Waals surface area contributed by atoms with E-state index in [9.17, 15) is 19.8 Å². The first-order valence-corrected chi connectivity index (χ1v) is 12.3. The minimum absolute atomic E-state index is 0.116. The Hall–Kier alpha value is -0.630. The SMILES string of the molecule is CCCCCCCCCCCCCCCCC(O)(CO)C(=O)SCC(N)C(=O)O. The lowest BCUT2D eigenvalue weighted by Crippen LogP contribution is -2.42. The van der Waals surface area contributed by atoms with Crippen molar-refractivity contribution in [3.63, 3.8) is 0 Å². The summed E-state index contributed by atoms with van der Waals surface area (Å²) in [5.41, 5.74) is 3.56. The molecule has 2 atom stereocenters. The molecule has 29 heavy (non-hydrogen) atoms. The summed E-state index contributed by atoms with van der Waals surface area (Å²) < 4.78 is 0. The molecule has 6 nitrogen and oxygen atoms in total. The van der Waals surface area contributed by atoms with Gasteiger partial charge in [0.25, 0.3) is 0 Å². The molecule has 0 heterocycles. The Labute approximate surface area is 181 Å². The van der Waals surface area contributed by atoms with E-state index < -0.39 is 29.3 Å². The van der Waals surface area contributed by atoms with E-state index in [2.05, 4.69) is 6.92 Å². The molecule has 7 heteroatoms. The van der Waals surface area contributed by atoms with Gasteiger partial charge in [-0.3, -0.25) is 9.59 Å². The van der Waals surface area contributed by atoms with Crippen molar-refractivity contribution in [3.8, 4) is 0 Å². The van der Waals surface area contributed by atoms with Crippen LogP contribution in [0.2, 0.25) is 0 Å². The molecule has 0 rings (SSSR count). The second kappa shape index (κ2) is 18.2. The summed E-state index contributed by atoms with van der Waals surface area (Å²) in [6.07, 6.45) is 17.3. The summed E-state index contributed by atoms with van der Waals surface area (Å²) in [4.78, 5) is 22.8. The zero-order chi connectivity index (χ0) is 22.0. The highest BCUT2D eigenvalue weighted by atomic mass is 32.2. The third-order valence-corrected chi connectivity index (χ3v) is 6.46. The number of unbranched alkanes of at least 4 members (excludes halogenated alkanes) is 13. The Morgan fingerprint density at radius 3 is 1.66 bits per heavy atom. The van der Waals surface area contributed by atoms with Crippen LogP contribution in [-0.4, -0.2) is 50.4 Å². The van der Waals surface area contributed by atoms with E-state index in [4.69, 9.17) is 10.8 Å². The fourth-order valence-electron chi connectivity index (χ4n) is 3.23. The average molecular weight is 434 g/mol. The first kappa shape index (κ1) is 28.4. The maximum Gasteiger partial charge on any atom is 0.321 e. The number of carbonyl (C=O) groups excluding carboxylic acids is 1. The molecule has 0 spiro atoms. The maximum absolute atomic E-state index is 12.1. The second-order valence-electron chi connectivity index (χ2n) is 8.08. The van der Waals surface area contributed by atoms with Crippen molar-refractivity contribution in [3.05, 3.63) is 0 Å². The van der Waals surface area contributed by atoms with Crippen molar-refractivity contribution >= 4 is 22.8 Å². The Morgan fingerprint density at radius 2 is 1.28 bits per heavy atom. The molecule has 0 aliphatic rings. The molecule has 0 aliphatic heterocycles. The van der Waals surface area contributed by atoms with Crippen molar-refractivity contribution in [2.45, 2.75) is 115 Å². The first-order valence-electron chi connectivity index (χ1n) is 11.4. The zero-order valence-electron chi connectivity index (χ0n) is 18.2. The Kier molecular flexibility index (Phi) is 17.8. The highest BCUT2D eigenvalue weighted by Gasteiger charge is 2.35. The lowest BCUT2D eigenvalue weighted by atomic mass is 9.97. The number of aliphatic hydroxyl groups excluding tert-OH is 1. The molecule has 2 unspecified atom stereocenters. The minimum Gasteiger partial charge on any atom is -0.480 e. The molecule has 0 fully saturated rings. The average Bonchev–Trinajstić information content (AvgIpc) is 2.71. The van der Waals surface area contributed by atoms with E-state index >= 15 is 0 Å². The van der Waals surface area contributed by atoms with Gasteiger partial charge in [0, 0.05) is 5.75 Å². The molecule has 0 aromatic rings. The van der Waals surface area contributed by atoms with E-state index in [1.807, 2.05) is 0 Å². The van der Waals surface area contributed by atoms with Gasteiger partial charge in [-0.1, -0.05) is 102 Å². The third-order valence-electron chi connectivity index (χ3n) is 5.30. The number of carboxylic acid groups (broad SMARTS) is 1. The molecule has 0 aromatic carbocycles. The Bertz CT molecular complexity index is 435. The Balaban J connectivity index is 3.68. The number of thioether (sulfide) groups is 1. The maximum atomic E-state index is 12.1. The van der Waals surface area contributed by atoms with E-state index in [0.717, 1.165) is 19.3 Å². The van der Waals surface area contributed by atoms with E-state index in [-0.39, 0.29) is 12.2 Å². The first-order chi connectivity index (χ1) is 13.9. The summed E-state index contributed by atoms with van der Waals surface area (Å²) in [6.45, 7) is 1.59.